The molecule has 0 saturated carbocycles. The molecule has 3 unspecified atom stereocenters. The Kier molecular flexibility index (Phi) is 5.21. The van der Waals surface area contributed by atoms with E-state index in [1.54, 1.807) is 7.11 Å². The monoisotopic (exact) mass is 274 g/mol. The standard InChI is InChI=1S/C17H26N2O/c1-13(10-15-6-4-5-7-17(15)20-3)19(2)12-14-8-9-16(18)11-14/h4-9,13-14,16H,10-12,18H2,1-3H3. The number of nitrogens with two attached hydrogens (primary N) is 1. The number of likely N-dealkylation sites (N-methyl/N-ethyl adjacent to an activating group) is 1. The Labute approximate surface area is 122 Å². The third kappa shape index (κ3) is 3.84. The topological polar surface area (TPSA) is 38.5 Å². The molecule has 0 amide bonds. The van der Waals surface area contributed by atoms with Crippen LogP contribution in [0.4, 0.5) is 0 Å². The Morgan fingerprint density at radius 3 is 2.75 bits per heavy atom. The van der Waals surface area contributed by atoms with Gasteiger partial charge in [0.2, 0.25) is 0 Å². The maximum absolute atomic E-state index is 5.92. The van der Waals surface area contributed by atoms with E-state index >= 15 is 0 Å². The van der Waals surface area contributed by atoms with Crippen molar-refractivity contribution < 1.29 is 4.74 Å². The molecule has 3 heteroatoms. The van der Waals surface area contributed by atoms with E-state index in [0.717, 1.165) is 25.1 Å². The van der Waals surface area contributed by atoms with Crippen molar-refractivity contribution in [3.63, 3.8) is 0 Å². The molecular formula is C17H26N2O. The van der Waals surface area contributed by atoms with Crippen LogP contribution in [0.5, 0.6) is 5.75 Å². The summed E-state index contributed by atoms with van der Waals surface area (Å²) >= 11 is 0. The molecule has 20 heavy (non-hydrogen) atoms. The van der Waals surface area contributed by atoms with Gasteiger partial charge in [0.25, 0.3) is 0 Å². The quantitative estimate of drug-likeness (QED) is 0.810. The number of para-hydroxylation sites is 1. The molecule has 2 rings (SSSR count). The summed E-state index contributed by atoms with van der Waals surface area (Å²) in [6.07, 6.45) is 6.47. The van der Waals surface area contributed by atoms with Crippen LogP contribution >= 0.6 is 0 Å². The molecule has 0 spiro atoms. The third-order valence-electron chi connectivity index (χ3n) is 4.19. The van der Waals surface area contributed by atoms with Crippen LogP contribution in [-0.2, 0) is 6.42 Å². The van der Waals surface area contributed by atoms with Gasteiger partial charge in [-0.15, -0.1) is 0 Å². The van der Waals surface area contributed by atoms with Crippen LogP contribution in [0.1, 0.15) is 18.9 Å². The summed E-state index contributed by atoms with van der Waals surface area (Å²) in [6, 6.07) is 8.99. The second kappa shape index (κ2) is 6.91. The minimum atomic E-state index is 0.248. The van der Waals surface area contributed by atoms with Crippen LogP contribution in [0.2, 0.25) is 0 Å². The lowest BCUT2D eigenvalue weighted by Crippen LogP contribution is -2.35. The minimum Gasteiger partial charge on any atom is -0.496 e. The van der Waals surface area contributed by atoms with Crippen molar-refractivity contribution in [2.75, 3.05) is 20.7 Å². The number of rotatable bonds is 6. The number of methoxy groups -OCH3 is 1. The predicted molar refractivity (Wildman–Crippen MR) is 84.0 cm³/mol. The number of ether oxygens (including phenoxy) is 1. The predicted octanol–water partition coefficient (Wildman–Crippen LogP) is 2.46. The maximum atomic E-state index is 5.92. The van der Waals surface area contributed by atoms with E-state index in [-0.39, 0.29) is 6.04 Å². The summed E-state index contributed by atoms with van der Waals surface area (Å²) in [5, 5.41) is 0. The second-order valence-corrected chi connectivity index (χ2v) is 5.85. The van der Waals surface area contributed by atoms with Crippen molar-refractivity contribution in [2.45, 2.75) is 31.8 Å². The van der Waals surface area contributed by atoms with Gasteiger partial charge in [-0.3, -0.25) is 0 Å². The summed E-state index contributed by atoms with van der Waals surface area (Å²) in [4.78, 5) is 2.42. The van der Waals surface area contributed by atoms with E-state index in [1.165, 1.54) is 5.56 Å². The molecule has 0 radical (unpaired) electrons. The van der Waals surface area contributed by atoms with Crippen molar-refractivity contribution in [3.8, 4) is 5.75 Å². The highest BCUT2D eigenvalue weighted by atomic mass is 16.5. The van der Waals surface area contributed by atoms with E-state index in [2.05, 4.69) is 43.2 Å². The van der Waals surface area contributed by atoms with Gasteiger partial charge in [-0.05, 0) is 44.4 Å². The largest absolute Gasteiger partial charge is 0.496 e. The molecule has 0 saturated heterocycles. The van der Waals surface area contributed by atoms with Crippen molar-refractivity contribution in [2.24, 2.45) is 11.7 Å². The fourth-order valence-corrected chi connectivity index (χ4v) is 2.84. The normalized spacial score (nSPS) is 23.2. The van der Waals surface area contributed by atoms with Crippen molar-refractivity contribution in [1.82, 2.24) is 4.90 Å². The maximum Gasteiger partial charge on any atom is 0.122 e. The third-order valence-corrected chi connectivity index (χ3v) is 4.19. The molecule has 1 aliphatic carbocycles. The molecular weight excluding hydrogens is 248 g/mol. The van der Waals surface area contributed by atoms with Gasteiger partial charge in [0.1, 0.15) is 5.75 Å². The van der Waals surface area contributed by atoms with Crippen LogP contribution in [0.25, 0.3) is 0 Å². The van der Waals surface area contributed by atoms with Gasteiger partial charge in [-0.25, -0.2) is 0 Å². The van der Waals surface area contributed by atoms with Gasteiger partial charge in [0, 0.05) is 18.6 Å². The number of nitrogens with zero attached hydrogens (tertiary/aromatic N) is 1. The van der Waals surface area contributed by atoms with Crippen LogP contribution < -0.4 is 10.5 Å². The smallest absolute Gasteiger partial charge is 0.122 e. The van der Waals surface area contributed by atoms with Crippen LogP contribution in [0.3, 0.4) is 0 Å². The molecule has 3 nitrogen and oxygen atoms in total. The zero-order valence-electron chi connectivity index (χ0n) is 12.8. The highest BCUT2D eigenvalue weighted by molar-refractivity contribution is 5.33. The van der Waals surface area contributed by atoms with Gasteiger partial charge in [-0.2, -0.15) is 0 Å². The van der Waals surface area contributed by atoms with Crippen LogP contribution in [0.15, 0.2) is 36.4 Å². The zero-order chi connectivity index (χ0) is 14.5. The van der Waals surface area contributed by atoms with Gasteiger partial charge in [0.15, 0.2) is 0 Å². The molecule has 0 bridgehead atoms. The number of benzene rings is 1. The molecule has 110 valence electrons. The summed E-state index contributed by atoms with van der Waals surface area (Å²) < 4.78 is 5.43. The highest BCUT2D eigenvalue weighted by Gasteiger charge is 2.20. The molecule has 0 aromatic heterocycles. The first-order valence-corrected chi connectivity index (χ1v) is 7.36. The summed E-state index contributed by atoms with van der Waals surface area (Å²) in [5.41, 5.74) is 7.19. The molecule has 2 N–H and O–H groups in total. The second-order valence-electron chi connectivity index (χ2n) is 5.85. The first-order valence-electron chi connectivity index (χ1n) is 7.36. The first-order chi connectivity index (χ1) is 9.60. The highest BCUT2D eigenvalue weighted by Crippen LogP contribution is 2.22. The van der Waals surface area contributed by atoms with Gasteiger partial charge in [-0.1, -0.05) is 30.4 Å². The molecule has 1 aromatic carbocycles. The molecule has 0 fully saturated rings. The first kappa shape index (κ1) is 15.1. The Bertz CT molecular complexity index is 458. The van der Waals surface area contributed by atoms with Crippen LogP contribution in [0, 0.1) is 5.92 Å². The minimum absolute atomic E-state index is 0.248. The Morgan fingerprint density at radius 2 is 2.10 bits per heavy atom. The van der Waals surface area contributed by atoms with E-state index < -0.39 is 0 Å². The van der Waals surface area contributed by atoms with Crippen molar-refractivity contribution in [3.05, 3.63) is 42.0 Å². The summed E-state index contributed by atoms with van der Waals surface area (Å²) in [6.45, 7) is 3.34. The molecule has 1 aliphatic rings. The average molecular weight is 274 g/mol. The fourth-order valence-electron chi connectivity index (χ4n) is 2.84. The lowest BCUT2D eigenvalue weighted by Gasteiger charge is -2.27. The summed E-state index contributed by atoms with van der Waals surface area (Å²) in [5.74, 6) is 1.57. The van der Waals surface area contributed by atoms with E-state index in [0.29, 0.717) is 12.0 Å². The Hall–Kier alpha value is -1.32. The van der Waals surface area contributed by atoms with E-state index in [1.807, 2.05) is 12.1 Å². The Balaban J connectivity index is 1.90. The SMILES string of the molecule is COc1ccccc1CC(C)N(C)CC1C=CC(N)C1. The fraction of sp³-hybridized carbons (Fsp3) is 0.529. The van der Waals surface area contributed by atoms with Crippen LogP contribution in [-0.4, -0.2) is 37.7 Å². The van der Waals surface area contributed by atoms with Crippen molar-refractivity contribution >= 4 is 0 Å². The lowest BCUT2D eigenvalue weighted by molar-refractivity contribution is 0.229. The molecule has 3 atom stereocenters. The van der Waals surface area contributed by atoms with Gasteiger partial charge in [0.05, 0.1) is 7.11 Å². The molecule has 0 aliphatic heterocycles. The van der Waals surface area contributed by atoms with E-state index in [4.69, 9.17) is 10.5 Å². The lowest BCUT2D eigenvalue weighted by atomic mass is 10.0. The summed E-state index contributed by atoms with van der Waals surface area (Å²) in [7, 11) is 3.93. The number of hydrogen-bond acceptors (Lipinski definition) is 3. The number of hydrogen-bond donors (Lipinski definition) is 1. The molecule has 1 aromatic rings. The molecule has 0 heterocycles. The Morgan fingerprint density at radius 1 is 1.35 bits per heavy atom. The van der Waals surface area contributed by atoms with Crippen molar-refractivity contribution in [1.29, 1.82) is 0 Å². The zero-order valence-corrected chi connectivity index (χ0v) is 12.8. The van der Waals surface area contributed by atoms with Gasteiger partial charge < -0.3 is 15.4 Å². The van der Waals surface area contributed by atoms with Gasteiger partial charge >= 0.3 is 0 Å². The van der Waals surface area contributed by atoms with E-state index in [9.17, 15) is 0 Å². The average Bonchev–Trinajstić information content (AvgIpc) is 2.84.